The highest BCUT2D eigenvalue weighted by Gasteiger charge is 2.18. The van der Waals surface area contributed by atoms with Crippen molar-refractivity contribution in [2.45, 2.75) is 13.1 Å². The Morgan fingerprint density at radius 2 is 1.79 bits per heavy atom. The van der Waals surface area contributed by atoms with Crippen LogP contribution in [0.25, 0.3) is 11.6 Å². The zero-order valence-electron chi connectivity index (χ0n) is 14.9. The highest BCUT2D eigenvalue weighted by atomic mass is 16.5. The van der Waals surface area contributed by atoms with Gasteiger partial charge in [-0.15, -0.1) is 0 Å². The molecular weight excluding hydrogens is 360 g/mol. The first-order valence-electron chi connectivity index (χ1n) is 8.72. The Hall–Kier alpha value is -3.65. The van der Waals surface area contributed by atoms with Crippen LogP contribution in [-0.2, 0) is 17.9 Å². The molecule has 142 valence electrons. The number of aromatic nitrogens is 2. The molecule has 1 aromatic carbocycles. The minimum atomic E-state index is -0.150. The van der Waals surface area contributed by atoms with Crippen LogP contribution in [0.5, 0.6) is 0 Å². The van der Waals surface area contributed by atoms with E-state index in [9.17, 15) is 4.79 Å². The Morgan fingerprint density at radius 3 is 2.54 bits per heavy atom. The highest BCUT2D eigenvalue weighted by molar-refractivity contribution is 5.92. The molecule has 1 amide bonds. The van der Waals surface area contributed by atoms with E-state index in [-0.39, 0.29) is 19.0 Å². The van der Waals surface area contributed by atoms with E-state index in [1.165, 1.54) is 0 Å². The molecule has 3 heterocycles. The predicted octanol–water partition coefficient (Wildman–Crippen LogP) is 3.56. The van der Waals surface area contributed by atoms with E-state index in [1.807, 2.05) is 41.3 Å². The lowest BCUT2D eigenvalue weighted by atomic mass is 10.3. The van der Waals surface area contributed by atoms with Crippen molar-refractivity contribution >= 4 is 11.6 Å². The molecule has 28 heavy (non-hydrogen) atoms. The summed E-state index contributed by atoms with van der Waals surface area (Å²) in [6, 6.07) is 16.5. The van der Waals surface area contributed by atoms with Crippen molar-refractivity contribution < 1.29 is 18.2 Å². The van der Waals surface area contributed by atoms with Gasteiger partial charge in [-0.1, -0.05) is 23.4 Å². The molecule has 0 fully saturated rings. The predicted molar refractivity (Wildman–Crippen MR) is 99.9 cm³/mol. The number of rotatable bonds is 8. The van der Waals surface area contributed by atoms with Crippen molar-refractivity contribution in [3.05, 3.63) is 78.8 Å². The van der Waals surface area contributed by atoms with Gasteiger partial charge >= 0.3 is 0 Å². The van der Waals surface area contributed by atoms with E-state index >= 15 is 0 Å². The zero-order chi connectivity index (χ0) is 19.2. The molecule has 0 saturated heterocycles. The number of nitrogens with one attached hydrogen (secondary N) is 1. The Kier molecular flexibility index (Phi) is 5.30. The normalized spacial score (nSPS) is 11.0. The van der Waals surface area contributed by atoms with Crippen LogP contribution in [0.4, 0.5) is 5.69 Å². The van der Waals surface area contributed by atoms with Crippen LogP contribution in [0.1, 0.15) is 11.7 Å². The van der Waals surface area contributed by atoms with Gasteiger partial charge in [0.05, 0.1) is 32.2 Å². The number of hydrogen-bond donors (Lipinski definition) is 1. The van der Waals surface area contributed by atoms with Crippen molar-refractivity contribution in [3.63, 3.8) is 0 Å². The van der Waals surface area contributed by atoms with Gasteiger partial charge < -0.3 is 18.7 Å². The summed E-state index contributed by atoms with van der Waals surface area (Å²) < 4.78 is 16.0. The molecule has 8 nitrogen and oxygen atoms in total. The van der Waals surface area contributed by atoms with E-state index in [0.717, 1.165) is 11.4 Å². The molecule has 0 saturated carbocycles. The number of benzene rings is 1. The lowest BCUT2D eigenvalue weighted by Crippen LogP contribution is -2.32. The molecule has 0 spiro atoms. The number of carbonyl (C=O) groups is 1. The van der Waals surface area contributed by atoms with E-state index in [4.69, 9.17) is 13.4 Å². The van der Waals surface area contributed by atoms with Gasteiger partial charge in [-0.2, -0.15) is 4.98 Å². The van der Waals surface area contributed by atoms with Gasteiger partial charge in [-0.25, -0.2) is 0 Å². The molecule has 0 unspecified atom stereocenters. The van der Waals surface area contributed by atoms with Crippen LogP contribution >= 0.6 is 0 Å². The largest absolute Gasteiger partial charge is 0.468 e. The summed E-state index contributed by atoms with van der Waals surface area (Å²) in [4.78, 5) is 18.7. The fraction of sp³-hybridized carbons (Fsp3) is 0.150. The Bertz CT molecular complexity index is 994. The summed E-state index contributed by atoms with van der Waals surface area (Å²) in [5.74, 6) is 1.85. The second-order valence-corrected chi connectivity index (χ2v) is 6.13. The third-order valence-corrected chi connectivity index (χ3v) is 3.95. The number of anilines is 1. The van der Waals surface area contributed by atoms with E-state index in [2.05, 4.69) is 15.5 Å². The summed E-state index contributed by atoms with van der Waals surface area (Å²) in [7, 11) is 0. The lowest BCUT2D eigenvalue weighted by Gasteiger charge is -2.18. The summed E-state index contributed by atoms with van der Waals surface area (Å²) in [5, 5.41) is 6.80. The van der Waals surface area contributed by atoms with Crippen molar-refractivity contribution in [2.75, 3.05) is 11.9 Å². The lowest BCUT2D eigenvalue weighted by molar-refractivity contribution is -0.117. The first-order valence-corrected chi connectivity index (χ1v) is 8.72. The second-order valence-electron chi connectivity index (χ2n) is 6.13. The molecule has 0 aliphatic heterocycles. The number of para-hydroxylation sites is 1. The molecular formula is C20H18N4O4. The van der Waals surface area contributed by atoms with Crippen molar-refractivity contribution in [2.24, 2.45) is 0 Å². The Morgan fingerprint density at radius 1 is 0.964 bits per heavy atom. The van der Waals surface area contributed by atoms with Gasteiger partial charge in [0.1, 0.15) is 5.76 Å². The number of nitrogens with zero attached hydrogens (tertiary/aromatic N) is 3. The maximum atomic E-state index is 12.5. The van der Waals surface area contributed by atoms with Crippen LogP contribution in [-0.4, -0.2) is 27.5 Å². The minimum absolute atomic E-state index is 0.133. The smallest absolute Gasteiger partial charge is 0.241 e. The van der Waals surface area contributed by atoms with Crippen molar-refractivity contribution in [3.8, 4) is 11.6 Å². The van der Waals surface area contributed by atoms with Gasteiger partial charge in [-0.05, 0) is 36.4 Å². The molecule has 3 aromatic heterocycles. The minimum Gasteiger partial charge on any atom is -0.468 e. The maximum Gasteiger partial charge on any atom is 0.241 e. The fourth-order valence-corrected chi connectivity index (χ4v) is 2.73. The topological polar surface area (TPSA) is 97.5 Å². The molecule has 0 bridgehead atoms. The average molecular weight is 378 g/mol. The second kappa shape index (κ2) is 8.36. The van der Waals surface area contributed by atoms with Crippen LogP contribution in [0.2, 0.25) is 0 Å². The van der Waals surface area contributed by atoms with Crippen molar-refractivity contribution in [1.82, 2.24) is 15.0 Å². The molecule has 0 aliphatic rings. The SMILES string of the molecule is O=C(CN(Cc1ccco1)Cc1nc(-c2ccco2)no1)Nc1ccccc1. The zero-order valence-corrected chi connectivity index (χ0v) is 14.9. The molecule has 8 heteroatoms. The van der Waals surface area contributed by atoms with Crippen molar-refractivity contribution in [1.29, 1.82) is 0 Å². The van der Waals surface area contributed by atoms with Crippen LogP contribution in [0, 0.1) is 0 Å². The van der Waals surface area contributed by atoms with E-state index < -0.39 is 0 Å². The summed E-state index contributed by atoms with van der Waals surface area (Å²) in [5.41, 5.74) is 0.739. The van der Waals surface area contributed by atoms with Crippen LogP contribution < -0.4 is 5.32 Å². The third-order valence-electron chi connectivity index (χ3n) is 3.95. The highest BCUT2D eigenvalue weighted by Crippen LogP contribution is 2.17. The van der Waals surface area contributed by atoms with Gasteiger partial charge in [0.15, 0.2) is 5.76 Å². The first-order chi connectivity index (χ1) is 13.8. The van der Waals surface area contributed by atoms with Gasteiger partial charge in [0.2, 0.25) is 17.6 Å². The average Bonchev–Trinajstić information content (AvgIpc) is 3.45. The monoisotopic (exact) mass is 378 g/mol. The molecule has 0 radical (unpaired) electrons. The maximum absolute atomic E-state index is 12.5. The number of furan rings is 2. The standard InChI is InChI=1S/C20H18N4O4/c25-18(21-15-6-2-1-3-7-15)13-24(12-16-8-4-10-26-16)14-19-22-20(23-28-19)17-9-5-11-27-17/h1-11H,12-14H2,(H,21,25). The summed E-state index contributed by atoms with van der Waals surface area (Å²) >= 11 is 0. The molecule has 0 atom stereocenters. The van der Waals surface area contributed by atoms with E-state index in [1.54, 1.807) is 30.7 Å². The molecule has 4 rings (SSSR count). The fourth-order valence-electron chi connectivity index (χ4n) is 2.73. The third kappa shape index (κ3) is 4.54. The Labute approximate surface area is 160 Å². The first kappa shape index (κ1) is 17.7. The van der Waals surface area contributed by atoms with Gasteiger partial charge in [0, 0.05) is 5.69 Å². The number of hydrogen-bond acceptors (Lipinski definition) is 7. The van der Waals surface area contributed by atoms with E-state index in [0.29, 0.717) is 24.0 Å². The molecule has 0 aliphatic carbocycles. The Balaban J connectivity index is 1.45. The molecule has 1 N–H and O–H groups in total. The number of amides is 1. The number of carbonyl (C=O) groups excluding carboxylic acids is 1. The van der Waals surface area contributed by atoms with Crippen LogP contribution in [0.3, 0.4) is 0 Å². The van der Waals surface area contributed by atoms with Gasteiger partial charge in [0.25, 0.3) is 0 Å². The van der Waals surface area contributed by atoms with Gasteiger partial charge in [-0.3, -0.25) is 9.69 Å². The summed E-state index contributed by atoms with van der Waals surface area (Å²) in [6.45, 7) is 0.846. The molecule has 4 aromatic rings. The summed E-state index contributed by atoms with van der Waals surface area (Å²) in [6.07, 6.45) is 3.14. The van der Waals surface area contributed by atoms with Crippen LogP contribution in [0.15, 0.2) is 80.5 Å². The quantitative estimate of drug-likeness (QED) is 0.500.